The normalized spacial score (nSPS) is 23.7. The first kappa shape index (κ1) is 33.5. The molecule has 0 aliphatic heterocycles. The number of anilines is 1. The topological polar surface area (TPSA) is 86.8 Å². The van der Waals surface area contributed by atoms with Gasteiger partial charge in [-0.2, -0.15) is 0 Å². The molecule has 250 valence electrons. The lowest BCUT2D eigenvalue weighted by Gasteiger charge is -2.57. The molecule has 0 heterocycles. The molecular weight excluding hydrogens is 630 g/mol. The average molecular weight is 676 g/mol. The number of benzene rings is 3. The molecule has 1 N–H and O–H groups in total. The number of halogens is 1. The molecule has 3 aromatic rings. The minimum absolute atomic E-state index is 0.0537. The van der Waals surface area contributed by atoms with Crippen molar-refractivity contribution in [2.24, 2.45) is 17.8 Å². The Morgan fingerprint density at radius 1 is 0.894 bits per heavy atom. The zero-order valence-electron chi connectivity index (χ0n) is 27.4. The first-order valence-electron chi connectivity index (χ1n) is 17.0. The molecule has 0 aromatic heterocycles. The number of amides is 2. The first-order chi connectivity index (χ1) is 22.5. The predicted molar refractivity (Wildman–Crippen MR) is 188 cm³/mol. The highest BCUT2D eigenvalue weighted by molar-refractivity contribution is 7.92. The standard InChI is InChI=1S/C38H46ClN3O4S/c1-3-17-40-37(44)35(21-27-9-5-4-6-10-27)41(25-31-11-7-8-12-34(31)39)36(43)26-42(47(2,45)46)33-15-13-32(14-16-33)38-22-28-18-29(23-38)20-30(19-28)24-38/h4-16,28-30,35H,3,17-26H2,1-2H3,(H,40,44)/t28?,29?,30?,35-,38?/m0/s1. The lowest BCUT2D eigenvalue weighted by molar-refractivity contribution is -0.140. The minimum Gasteiger partial charge on any atom is -0.354 e. The fourth-order valence-electron chi connectivity index (χ4n) is 8.79. The Morgan fingerprint density at radius 2 is 1.49 bits per heavy atom. The molecule has 4 saturated carbocycles. The van der Waals surface area contributed by atoms with E-state index in [9.17, 15) is 18.0 Å². The lowest BCUT2D eigenvalue weighted by Crippen LogP contribution is -2.53. The summed E-state index contributed by atoms with van der Waals surface area (Å²) in [6.07, 6.45) is 9.84. The van der Waals surface area contributed by atoms with Crippen LogP contribution in [0.15, 0.2) is 78.9 Å². The van der Waals surface area contributed by atoms with Crippen molar-refractivity contribution in [1.29, 1.82) is 0 Å². The highest BCUT2D eigenvalue weighted by atomic mass is 35.5. The van der Waals surface area contributed by atoms with Crippen LogP contribution in [0.5, 0.6) is 0 Å². The number of hydrogen-bond acceptors (Lipinski definition) is 4. The van der Waals surface area contributed by atoms with Gasteiger partial charge in [0.1, 0.15) is 12.6 Å². The largest absolute Gasteiger partial charge is 0.354 e. The molecule has 9 heteroatoms. The van der Waals surface area contributed by atoms with E-state index in [4.69, 9.17) is 11.6 Å². The first-order valence-corrected chi connectivity index (χ1v) is 19.2. The van der Waals surface area contributed by atoms with Crippen LogP contribution in [0, 0.1) is 17.8 Å². The maximum absolute atomic E-state index is 14.4. The minimum atomic E-state index is -3.85. The van der Waals surface area contributed by atoms with Crippen LogP contribution in [-0.4, -0.2) is 50.5 Å². The van der Waals surface area contributed by atoms with Crippen LogP contribution < -0.4 is 9.62 Å². The lowest BCUT2D eigenvalue weighted by atomic mass is 9.48. The van der Waals surface area contributed by atoms with Crippen LogP contribution in [-0.2, 0) is 38.0 Å². The van der Waals surface area contributed by atoms with Crippen molar-refractivity contribution in [1.82, 2.24) is 10.2 Å². The van der Waals surface area contributed by atoms with E-state index >= 15 is 0 Å². The van der Waals surface area contributed by atoms with Crippen molar-refractivity contribution >= 4 is 39.1 Å². The van der Waals surface area contributed by atoms with Crippen molar-refractivity contribution in [3.05, 3.63) is 101 Å². The monoisotopic (exact) mass is 675 g/mol. The summed E-state index contributed by atoms with van der Waals surface area (Å²) in [5, 5.41) is 3.44. The van der Waals surface area contributed by atoms with Gasteiger partial charge in [0.15, 0.2) is 0 Å². The third kappa shape index (κ3) is 7.54. The van der Waals surface area contributed by atoms with E-state index in [0.29, 0.717) is 22.8 Å². The number of carbonyl (C=O) groups excluding carboxylic acids is 2. The van der Waals surface area contributed by atoms with E-state index in [2.05, 4.69) is 17.4 Å². The third-order valence-electron chi connectivity index (χ3n) is 10.6. The van der Waals surface area contributed by atoms with E-state index in [0.717, 1.165) is 36.0 Å². The van der Waals surface area contributed by atoms with E-state index in [1.54, 1.807) is 6.07 Å². The molecule has 2 amide bonds. The van der Waals surface area contributed by atoms with Crippen molar-refractivity contribution in [2.45, 2.75) is 76.3 Å². The summed E-state index contributed by atoms with van der Waals surface area (Å²) in [7, 11) is -3.85. The smallest absolute Gasteiger partial charge is 0.244 e. The highest BCUT2D eigenvalue weighted by Crippen LogP contribution is 2.60. The highest BCUT2D eigenvalue weighted by Gasteiger charge is 2.51. The molecule has 4 bridgehead atoms. The Hall–Kier alpha value is -3.36. The molecule has 4 aliphatic rings. The summed E-state index contributed by atoms with van der Waals surface area (Å²) in [5.74, 6) is 1.63. The van der Waals surface area contributed by atoms with E-state index < -0.39 is 28.5 Å². The van der Waals surface area contributed by atoms with Gasteiger partial charge in [-0.1, -0.05) is 79.2 Å². The van der Waals surface area contributed by atoms with E-state index in [1.165, 1.54) is 53.3 Å². The molecule has 3 aromatic carbocycles. The summed E-state index contributed by atoms with van der Waals surface area (Å²) >= 11 is 6.56. The zero-order chi connectivity index (χ0) is 33.2. The second kappa shape index (κ2) is 14.0. The number of hydrogen-bond donors (Lipinski definition) is 1. The van der Waals surface area contributed by atoms with Crippen molar-refractivity contribution in [2.75, 3.05) is 23.7 Å². The van der Waals surface area contributed by atoms with Gasteiger partial charge >= 0.3 is 0 Å². The molecule has 7 nitrogen and oxygen atoms in total. The molecule has 4 aliphatic carbocycles. The quantitative estimate of drug-likeness (QED) is 0.218. The van der Waals surface area contributed by atoms with Crippen molar-refractivity contribution < 1.29 is 18.0 Å². The van der Waals surface area contributed by atoms with Gasteiger partial charge in [-0.05, 0) is 103 Å². The van der Waals surface area contributed by atoms with Gasteiger partial charge < -0.3 is 10.2 Å². The number of rotatable bonds is 13. The zero-order valence-corrected chi connectivity index (χ0v) is 29.0. The molecule has 7 rings (SSSR count). The Kier molecular flexibility index (Phi) is 10.00. The van der Waals surface area contributed by atoms with Crippen molar-refractivity contribution in [3.8, 4) is 0 Å². The SMILES string of the molecule is CCCNC(=O)[C@H](Cc1ccccc1)N(Cc1ccccc1Cl)C(=O)CN(c1ccc(C23CC4CC(CC(C4)C2)C3)cc1)S(C)(=O)=O. The van der Waals surface area contributed by atoms with Gasteiger partial charge in [-0.25, -0.2) is 8.42 Å². The maximum atomic E-state index is 14.4. The number of carbonyl (C=O) groups is 2. The van der Waals surface area contributed by atoms with E-state index in [-0.39, 0.29) is 24.3 Å². The van der Waals surface area contributed by atoms with Gasteiger partial charge in [0.25, 0.3) is 0 Å². The molecule has 1 atom stereocenters. The summed E-state index contributed by atoms with van der Waals surface area (Å²) in [6, 6.07) is 23.8. The Labute approximate surface area is 284 Å². The Bertz CT molecular complexity index is 1640. The summed E-state index contributed by atoms with van der Waals surface area (Å²) in [4.78, 5) is 29.6. The van der Waals surface area contributed by atoms with Gasteiger partial charge in [0.2, 0.25) is 21.8 Å². The Morgan fingerprint density at radius 3 is 2.06 bits per heavy atom. The van der Waals surface area contributed by atoms with Gasteiger partial charge in [-0.15, -0.1) is 0 Å². The van der Waals surface area contributed by atoms with Crippen LogP contribution in [0.2, 0.25) is 5.02 Å². The van der Waals surface area contributed by atoms with Crippen molar-refractivity contribution in [3.63, 3.8) is 0 Å². The van der Waals surface area contributed by atoms with Crippen LogP contribution in [0.4, 0.5) is 5.69 Å². The number of nitrogens with one attached hydrogen (secondary N) is 1. The predicted octanol–water partition coefficient (Wildman–Crippen LogP) is 6.74. The summed E-state index contributed by atoms with van der Waals surface area (Å²) in [6.45, 7) is 2.05. The Balaban J connectivity index is 1.30. The fourth-order valence-corrected chi connectivity index (χ4v) is 9.83. The second-order valence-corrected chi connectivity index (χ2v) is 16.4. The maximum Gasteiger partial charge on any atom is 0.244 e. The average Bonchev–Trinajstić information content (AvgIpc) is 3.04. The molecule has 0 saturated heterocycles. The number of sulfonamides is 1. The number of nitrogens with zero attached hydrogens (tertiary/aromatic N) is 2. The fraction of sp³-hybridized carbons (Fsp3) is 0.474. The molecule has 47 heavy (non-hydrogen) atoms. The molecule has 0 radical (unpaired) electrons. The summed E-state index contributed by atoms with van der Waals surface area (Å²) < 4.78 is 27.8. The molecule has 4 fully saturated rings. The van der Waals surface area contributed by atoms with Crippen LogP contribution in [0.1, 0.15) is 68.6 Å². The summed E-state index contributed by atoms with van der Waals surface area (Å²) in [5.41, 5.74) is 3.48. The molecule has 0 spiro atoms. The van der Waals surface area contributed by atoms with Gasteiger partial charge in [0, 0.05) is 24.5 Å². The van der Waals surface area contributed by atoms with Gasteiger partial charge in [0.05, 0.1) is 11.9 Å². The van der Waals surface area contributed by atoms with E-state index in [1.807, 2.05) is 67.6 Å². The molecule has 0 unspecified atom stereocenters. The van der Waals surface area contributed by atoms with Crippen LogP contribution in [0.25, 0.3) is 0 Å². The third-order valence-corrected chi connectivity index (χ3v) is 12.1. The van der Waals surface area contributed by atoms with Gasteiger partial charge in [-0.3, -0.25) is 13.9 Å². The van der Waals surface area contributed by atoms with Crippen LogP contribution in [0.3, 0.4) is 0 Å². The van der Waals surface area contributed by atoms with Crippen LogP contribution >= 0.6 is 11.6 Å². The second-order valence-electron chi connectivity index (χ2n) is 14.1. The molecular formula is C38H46ClN3O4S.